The van der Waals surface area contributed by atoms with Gasteiger partial charge in [0.25, 0.3) is 0 Å². The van der Waals surface area contributed by atoms with Crippen molar-refractivity contribution in [1.82, 2.24) is 5.43 Å². The van der Waals surface area contributed by atoms with Gasteiger partial charge in [-0.05, 0) is 13.3 Å². The number of hydrogen-bond acceptors (Lipinski definition) is 3. The molecule has 0 bridgehead atoms. The number of hydrazone groups is 1. The summed E-state index contributed by atoms with van der Waals surface area (Å²) < 4.78 is 0. The summed E-state index contributed by atoms with van der Waals surface area (Å²) in [5.74, 6) is 0.630. The fourth-order valence-electron chi connectivity index (χ4n) is 0.926. The Bertz CT molecular complexity index is 350. The molecule has 0 spiro atoms. The van der Waals surface area contributed by atoms with Crippen molar-refractivity contribution in [3.63, 3.8) is 0 Å². The standard InChI is InChI=1S/C10H15ClN2.C3H8N2/c1-5-7-9(8(3)11)10(6-2)13-12-4;1-3(4)5-2/h5,7,12H,1,3,6H2,2,4H3;1-2H3,(H2,4,5)/b9-7+,13-10+;. The van der Waals surface area contributed by atoms with E-state index in [0.29, 0.717) is 10.9 Å². The predicted molar refractivity (Wildman–Crippen MR) is 83.3 cm³/mol. The van der Waals surface area contributed by atoms with Crippen LogP contribution >= 0.6 is 11.6 Å². The zero-order chi connectivity index (χ0) is 14.6. The van der Waals surface area contributed by atoms with Gasteiger partial charge in [-0.15, -0.1) is 0 Å². The highest BCUT2D eigenvalue weighted by Crippen LogP contribution is 2.15. The lowest BCUT2D eigenvalue weighted by atomic mass is 10.1. The molecule has 0 amide bonds. The van der Waals surface area contributed by atoms with Crippen LogP contribution in [0, 0.1) is 0 Å². The highest BCUT2D eigenvalue weighted by Gasteiger charge is 2.05. The van der Waals surface area contributed by atoms with E-state index in [9.17, 15) is 0 Å². The van der Waals surface area contributed by atoms with E-state index in [4.69, 9.17) is 17.3 Å². The van der Waals surface area contributed by atoms with Crippen LogP contribution in [0.15, 0.2) is 46.0 Å². The number of rotatable bonds is 5. The van der Waals surface area contributed by atoms with Crippen LogP contribution in [-0.4, -0.2) is 25.6 Å². The minimum absolute atomic E-state index is 0.482. The minimum atomic E-state index is 0.482. The molecule has 0 heterocycles. The van der Waals surface area contributed by atoms with Gasteiger partial charge in [0.2, 0.25) is 0 Å². The first kappa shape index (κ1) is 18.8. The van der Waals surface area contributed by atoms with Crippen molar-refractivity contribution in [3.05, 3.63) is 35.9 Å². The molecule has 0 radical (unpaired) electrons. The Balaban J connectivity index is 0. The topological polar surface area (TPSA) is 62.8 Å². The lowest BCUT2D eigenvalue weighted by Crippen LogP contribution is -2.07. The van der Waals surface area contributed by atoms with Gasteiger partial charge in [0.05, 0.1) is 11.5 Å². The van der Waals surface area contributed by atoms with Crippen molar-refractivity contribution in [2.24, 2.45) is 15.8 Å². The van der Waals surface area contributed by atoms with Crippen LogP contribution in [0.4, 0.5) is 0 Å². The summed E-state index contributed by atoms with van der Waals surface area (Å²) in [7, 11) is 3.41. The molecule has 0 aliphatic carbocycles. The van der Waals surface area contributed by atoms with Crippen molar-refractivity contribution < 1.29 is 0 Å². The smallest absolute Gasteiger partial charge is 0.0902 e. The van der Waals surface area contributed by atoms with Gasteiger partial charge in [0, 0.05) is 24.7 Å². The van der Waals surface area contributed by atoms with E-state index in [-0.39, 0.29) is 0 Å². The van der Waals surface area contributed by atoms with E-state index in [1.807, 2.05) is 6.92 Å². The third-order valence-electron chi connectivity index (χ3n) is 1.82. The molecule has 0 saturated heterocycles. The summed E-state index contributed by atoms with van der Waals surface area (Å²) in [6.07, 6.45) is 4.27. The van der Waals surface area contributed by atoms with Crippen molar-refractivity contribution in [3.8, 4) is 0 Å². The van der Waals surface area contributed by atoms with Crippen molar-refractivity contribution in [2.45, 2.75) is 20.3 Å². The van der Waals surface area contributed by atoms with Crippen LogP contribution < -0.4 is 11.2 Å². The number of allylic oxidation sites excluding steroid dienone is 4. The van der Waals surface area contributed by atoms with Gasteiger partial charge in [-0.1, -0.05) is 43.8 Å². The fraction of sp³-hybridized carbons (Fsp3) is 0.385. The number of amidine groups is 1. The third kappa shape index (κ3) is 9.66. The maximum absolute atomic E-state index is 5.81. The summed E-state index contributed by atoms with van der Waals surface area (Å²) in [4.78, 5) is 3.58. The summed E-state index contributed by atoms with van der Waals surface area (Å²) >= 11 is 5.81. The molecule has 5 heteroatoms. The number of nitrogens with two attached hydrogens (primary N) is 1. The second-order valence-electron chi connectivity index (χ2n) is 3.22. The average Bonchev–Trinajstić information content (AvgIpc) is 2.34. The molecule has 0 aromatic rings. The van der Waals surface area contributed by atoms with E-state index in [1.54, 1.807) is 33.2 Å². The Morgan fingerprint density at radius 2 is 2.00 bits per heavy atom. The van der Waals surface area contributed by atoms with Gasteiger partial charge < -0.3 is 11.2 Å². The zero-order valence-corrected chi connectivity index (χ0v) is 12.4. The predicted octanol–water partition coefficient (Wildman–Crippen LogP) is 2.83. The maximum Gasteiger partial charge on any atom is 0.0902 e. The molecule has 0 aromatic heterocycles. The molecule has 0 saturated carbocycles. The Morgan fingerprint density at radius 1 is 1.50 bits per heavy atom. The second kappa shape index (κ2) is 11.9. The molecule has 0 aliphatic rings. The quantitative estimate of drug-likeness (QED) is 0.349. The van der Waals surface area contributed by atoms with Crippen molar-refractivity contribution in [2.75, 3.05) is 14.1 Å². The average molecular weight is 271 g/mol. The van der Waals surface area contributed by atoms with Crippen molar-refractivity contribution >= 4 is 23.1 Å². The molecule has 0 unspecified atom stereocenters. The minimum Gasteiger partial charge on any atom is -0.388 e. The van der Waals surface area contributed by atoms with E-state index in [0.717, 1.165) is 17.7 Å². The molecule has 4 nitrogen and oxygen atoms in total. The zero-order valence-electron chi connectivity index (χ0n) is 11.6. The third-order valence-corrected chi connectivity index (χ3v) is 2.03. The maximum atomic E-state index is 5.81. The van der Waals surface area contributed by atoms with E-state index >= 15 is 0 Å². The van der Waals surface area contributed by atoms with Gasteiger partial charge >= 0.3 is 0 Å². The fourth-order valence-corrected chi connectivity index (χ4v) is 1.10. The molecular formula is C13H23ClN4. The number of halogens is 1. The van der Waals surface area contributed by atoms with Gasteiger partial charge in [-0.2, -0.15) is 5.10 Å². The lowest BCUT2D eigenvalue weighted by Gasteiger charge is -2.06. The monoisotopic (exact) mass is 270 g/mol. The van der Waals surface area contributed by atoms with Crippen LogP contribution in [0.5, 0.6) is 0 Å². The first-order valence-electron chi connectivity index (χ1n) is 5.54. The van der Waals surface area contributed by atoms with Gasteiger partial charge in [-0.3, -0.25) is 4.99 Å². The van der Waals surface area contributed by atoms with Crippen molar-refractivity contribution in [1.29, 1.82) is 0 Å². The molecule has 0 fully saturated rings. The first-order chi connectivity index (χ1) is 8.44. The first-order valence-corrected chi connectivity index (χ1v) is 5.92. The molecule has 0 aliphatic heterocycles. The number of nitrogens with one attached hydrogen (secondary N) is 1. The van der Waals surface area contributed by atoms with Crippen LogP contribution in [-0.2, 0) is 0 Å². The normalized spacial score (nSPS) is 12.4. The van der Waals surface area contributed by atoms with E-state index in [1.165, 1.54) is 0 Å². The molecular weight excluding hydrogens is 248 g/mol. The molecule has 0 rings (SSSR count). The summed E-state index contributed by atoms with van der Waals surface area (Å²) in [6.45, 7) is 11.0. The van der Waals surface area contributed by atoms with Crippen LogP contribution in [0.25, 0.3) is 0 Å². The summed E-state index contributed by atoms with van der Waals surface area (Å²) in [5, 5.41) is 4.57. The van der Waals surface area contributed by atoms with Crippen LogP contribution in [0.1, 0.15) is 20.3 Å². The van der Waals surface area contributed by atoms with E-state index < -0.39 is 0 Å². The Hall–Kier alpha value is -1.55. The molecule has 0 atom stereocenters. The van der Waals surface area contributed by atoms with Gasteiger partial charge in [0.15, 0.2) is 0 Å². The summed E-state index contributed by atoms with van der Waals surface area (Å²) in [5.41, 5.74) is 9.47. The molecule has 102 valence electrons. The lowest BCUT2D eigenvalue weighted by molar-refractivity contribution is 0.892. The van der Waals surface area contributed by atoms with E-state index in [2.05, 4.69) is 28.7 Å². The second-order valence-corrected chi connectivity index (χ2v) is 3.68. The Kier molecular flexibility index (Phi) is 12.5. The largest absolute Gasteiger partial charge is 0.388 e. The summed E-state index contributed by atoms with van der Waals surface area (Å²) in [6, 6.07) is 0. The SMILES string of the molecule is C=C/C=C(C(=C)Cl)/C(CC)=N/NC.CN=C(C)N. The highest BCUT2D eigenvalue weighted by molar-refractivity contribution is 6.35. The van der Waals surface area contributed by atoms with Gasteiger partial charge in [-0.25, -0.2) is 0 Å². The Morgan fingerprint density at radius 3 is 2.22 bits per heavy atom. The van der Waals surface area contributed by atoms with Crippen LogP contribution in [0.2, 0.25) is 0 Å². The number of hydrogen-bond donors (Lipinski definition) is 2. The molecule has 3 N–H and O–H groups in total. The van der Waals surface area contributed by atoms with Crippen LogP contribution in [0.3, 0.4) is 0 Å². The molecule has 18 heavy (non-hydrogen) atoms. The number of nitrogens with zero attached hydrogens (tertiary/aromatic N) is 2. The van der Waals surface area contributed by atoms with Gasteiger partial charge in [0.1, 0.15) is 0 Å². The Labute approximate surface area is 115 Å². The highest BCUT2D eigenvalue weighted by atomic mass is 35.5. The number of aliphatic imine (C=N–C) groups is 1. The molecule has 0 aromatic carbocycles.